The maximum absolute atomic E-state index is 11.8. The average molecular weight is 493 g/mol. The fourth-order valence-corrected chi connectivity index (χ4v) is 5.50. The fourth-order valence-electron chi connectivity index (χ4n) is 4.20. The van der Waals surface area contributed by atoms with E-state index in [0.717, 1.165) is 49.7 Å². The fraction of sp³-hybridized carbons (Fsp3) is 0.292. The van der Waals surface area contributed by atoms with Crippen molar-refractivity contribution in [1.82, 2.24) is 25.6 Å². The number of nitrogens with one attached hydrogen (secondary N) is 3. The topological polar surface area (TPSA) is 109 Å². The van der Waals surface area contributed by atoms with Crippen LogP contribution in [0.3, 0.4) is 0 Å². The number of carbonyl (C=O) groups is 2. The molecule has 0 radical (unpaired) electrons. The molecule has 8 nitrogen and oxygen atoms in total. The number of carbonyl (C=O) groups excluding carboxylic acids is 2. The molecule has 2 fully saturated rings. The lowest BCUT2D eigenvalue weighted by atomic mass is 9.91. The van der Waals surface area contributed by atoms with E-state index in [2.05, 4.69) is 53.8 Å². The Kier molecular flexibility index (Phi) is 6.98. The van der Waals surface area contributed by atoms with E-state index in [1.165, 1.54) is 11.1 Å². The number of aromatic nitrogens is 3. The Bertz CT molecular complexity index is 1210. The Hall–Kier alpha value is -3.08. The van der Waals surface area contributed by atoms with Gasteiger partial charge in [0.2, 0.25) is 5.95 Å². The van der Waals surface area contributed by atoms with Crippen LogP contribution in [0.15, 0.2) is 52.3 Å². The molecule has 5 rings (SSSR count). The summed E-state index contributed by atoms with van der Waals surface area (Å²) in [5.74, 6) is 0.152. The summed E-state index contributed by atoms with van der Waals surface area (Å²) in [6, 6.07) is 8.73. The SMILES string of the molecule is O=C1NC(=O)C(=Cc2ccnc(NC3CCC(NCc4cccnc4-c4ccsc4)CC3)n2)S1. The van der Waals surface area contributed by atoms with Gasteiger partial charge in [-0.2, -0.15) is 11.3 Å². The van der Waals surface area contributed by atoms with E-state index < -0.39 is 0 Å². The monoisotopic (exact) mass is 492 g/mol. The second-order valence-electron chi connectivity index (χ2n) is 8.25. The van der Waals surface area contributed by atoms with Gasteiger partial charge in [-0.25, -0.2) is 9.97 Å². The van der Waals surface area contributed by atoms with E-state index in [1.807, 2.05) is 12.3 Å². The van der Waals surface area contributed by atoms with Gasteiger partial charge in [0.15, 0.2) is 0 Å². The molecule has 4 heterocycles. The first-order chi connectivity index (χ1) is 16.6. The van der Waals surface area contributed by atoms with Gasteiger partial charge in [-0.3, -0.25) is 19.9 Å². The molecular weight excluding hydrogens is 468 g/mol. The van der Waals surface area contributed by atoms with Gasteiger partial charge in [-0.05, 0) is 72.7 Å². The molecule has 2 amide bonds. The van der Waals surface area contributed by atoms with Crippen LogP contribution in [0, 0.1) is 0 Å². The summed E-state index contributed by atoms with van der Waals surface area (Å²) in [6.07, 6.45) is 9.28. The third kappa shape index (κ3) is 5.52. The second-order valence-corrected chi connectivity index (χ2v) is 10.0. The normalized spacial score (nSPS) is 21.6. The molecule has 2 aliphatic rings. The summed E-state index contributed by atoms with van der Waals surface area (Å²) in [6.45, 7) is 0.801. The van der Waals surface area contributed by atoms with E-state index in [-0.39, 0.29) is 11.1 Å². The van der Waals surface area contributed by atoms with Crippen LogP contribution in [0.5, 0.6) is 0 Å². The predicted octanol–water partition coefficient (Wildman–Crippen LogP) is 4.44. The zero-order valence-corrected chi connectivity index (χ0v) is 20.0. The van der Waals surface area contributed by atoms with Crippen molar-refractivity contribution < 1.29 is 9.59 Å². The van der Waals surface area contributed by atoms with Crippen molar-refractivity contribution in [3.63, 3.8) is 0 Å². The number of rotatable bonds is 7. The third-order valence-electron chi connectivity index (χ3n) is 5.93. The Morgan fingerprint density at radius 1 is 1.06 bits per heavy atom. The smallest absolute Gasteiger partial charge is 0.290 e. The Labute approximate surface area is 205 Å². The van der Waals surface area contributed by atoms with Gasteiger partial charge in [0.1, 0.15) is 0 Å². The minimum atomic E-state index is -0.386. The van der Waals surface area contributed by atoms with E-state index in [0.29, 0.717) is 28.6 Å². The highest BCUT2D eigenvalue weighted by atomic mass is 32.2. The molecule has 34 heavy (non-hydrogen) atoms. The molecule has 1 aliphatic heterocycles. The minimum Gasteiger partial charge on any atom is -0.351 e. The standard InChI is InChI=1S/C24H24N6O2S2/c31-22-20(34-24(32)30-22)12-19-7-10-26-23(29-19)28-18-5-3-17(4-6-18)27-13-15-2-1-9-25-21(15)16-8-11-33-14-16/h1-2,7-12,14,17-18,27H,3-6,13H2,(H,26,28,29)(H,30,31,32). The van der Waals surface area contributed by atoms with Crippen LogP contribution >= 0.6 is 23.1 Å². The highest BCUT2D eigenvalue weighted by molar-refractivity contribution is 8.18. The van der Waals surface area contributed by atoms with E-state index in [4.69, 9.17) is 0 Å². The summed E-state index contributed by atoms with van der Waals surface area (Å²) in [4.78, 5) is 36.9. The molecule has 0 unspecified atom stereocenters. The molecule has 1 saturated heterocycles. The zero-order chi connectivity index (χ0) is 23.3. The highest BCUT2D eigenvalue weighted by Crippen LogP contribution is 2.27. The number of thiophene rings is 1. The quantitative estimate of drug-likeness (QED) is 0.416. The summed E-state index contributed by atoms with van der Waals surface area (Å²) >= 11 is 2.57. The summed E-state index contributed by atoms with van der Waals surface area (Å²) in [5, 5.41) is 13.2. The van der Waals surface area contributed by atoms with Crippen molar-refractivity contribution in [3.8, 4) is 11.3 Å². The Morgan fingerprint density at radius 3 is 2.68 bits per heavy atom. The number of hydrogen-bond acceptors (Lipinski definition) is 9. The molecule has 3 aromatic heterocycles. The van der Waals surface area contributed by atoms with Crippen LogP contribution in [-0.4, -0.2) is 38.2 Å². The lowest BCUT2D eigenvalue weighted by Crippen LogP contribution is -2.37. The molecule has 1 saturated carbocycles. The summed E-state index contributed by atoms with van der Waals surface area (Å²) < 4.78 is 0. The van der Waals surface area contributed by atoms with E-state index in [9.17, 15) is 9.59 Å². The number of anilines is 1. The predicted molar refractivity (Wildman–Crippen MR) is 135 cm³/mol. The zero-order valence-electron chi connectivity index (χ0n) is 18.4. The van der Waals surface area contributed by atoms with Crippen LogP contribution in [0.25, 0.3) is 17.3 Å². The van der Waals surface area contributed by atoms with Gasteiger partial charge in [0.25, 0.3) is 11.1 Å². The van der Waals surface area contributed by atoms with Crippen LogP contribution < -0.4 is 16.0 Å². The highest BCUT2D eigenvalue weighted by Gasteiger charge is 2.25. The molecular formula is C24H24N6O2S2. The van der Waals surface area contributed by atoms with E-state index in [1.54, 1.807) is 29.7 Å². The van der Waals surface area contributed by atoms with E-state index >= 15 is 0 Å². The molecule has 0 atom stereocenters. The molecule has 174 valence electrons. The maximum Gasteiger partial charge on any atom is 0.290 e. The number of amides is 2. The second kappa shape index (κ2) is 10.5. The van der Waals surface area contributed by atoms with Crippen LogP contribution in [-0.2, 0) is 11.3 Å². The van der Waals surface area contributed by atoms with Crippen molar-refractivity contribution in [2.45, 2.75) is 44.3 Å². The van der Waals surface area contributed by atoms with Crippen LogP contribution in [0.1, 0.15) is 36.9 Å². The number of thioether (sulfide) groups is 1. The molecule has 1 aliphatic carbocycles. The molecule has 0 spiro atoms. The first-order valence-electron chi connectivity index (χ1n) is 11.2. The number of hydrogen-bond donors (Lipinski definition) is 3. The third-order valence-corrected chi connectivity index (χ3v) is 7.42. The maximum atomic E-state index is 11.8. The molecule has 3 aromatic rings. The molecule has 0 aromatic carbocycles. The molecule has 3 N–H and O–H groups in total. The van der Waals surface area contributed by atoms with Crippen LogP contribution in [0.2, 0.25) is 0 Å². The van der Waals surface area contributed by atoms with Gasteiger partial charge in [0.05, 0.1) is 16.3 Å². The van der Waals surface area contributed by atoms with Crippen molar-refractivity contribution in [2.75, 3.05) is 5.32 Å². The van der Waals surface area contributed by atoms with Gasteiger partial charge in [0, 0.05) is 42.0 Å². The summed E-state index contributed by atoms with van der Waals surface area (Å²) in [7, 11) is 0. The van der Waals surface area contributed by atoms with Crippen molar-refractivity contribution >= 4 is 46.3 Å². The first-order valence-corrected chi connectivity index (χ1v) is 12.9. The first kappa shape index (κ1) is 22.7. The Morgan fingerprint density at radius 2 is 1.91 bits per heavy atom. The lowest BCUT2D eigenvalue weighted by Gasteiger charge is -2.30. The largest absolute Gasteiger partial charge is 0.351 e. The van der Waals surface area contributed by atoms with Gasteiger partial charge in [-0.15, -0.1) is 0 Å². The van der Waals surface area contributed by atoms with Gasteiger partial charge < -0.3 is 10.6 Å². The lowest BCUT2D eigenvalue weighted by molar-refractivity contribution is -0.115. The van der Waals surface area contributed by atoms with Gasteiger partial charge >= 0.3 is 0 Å². The Balaban J connectivity index is 1.13. The van der Waals surface area contributed by atoms with Crippen molar-refractivity contribution in [1.29, 1.82) is 0 Å². The van der Waals surface area contributed by atoms with Crippen molar-refractivity contribution in [2.24, 2.45) is 0 Å². The molecule has 10 heteroatoms. The minimum absolute atomic E-state index is 0.298. The van der Waals surface area contributed by atoms with Crippen LogP contribution in [0.4, 0.5) is 10.7 Å². The number of imide groups is 1. The van der Waals surface area contributed by atoms with Gasteiger partial charge in [-0.1, -0.05) is 6.07 Å². The van der Waals surface area contributed by atoms with Crippen molar-refractivity contribution in [3.05, 3.63) is 63.6 Å². The molecule has 0 bridgehead atoms. The summed E-state index contributed by atoms with van der Waals surface area (Å²) in [5.41, 5.74) is 4.04. The number of nitrogens with zero attached hydrogens (tertiary/aromatic N) is 3. The number of pyridine rings is 1. The average Bonchev–Trinajstić information content (AvgIpc) is 3.49.